The number of carbonyl (C=O) groups is 1. The normalized spacial score (nSPS) is 26.5. The van der Waals surface area contributed by atoms with Gasteiger partial charge < -0.3 is 4.74 Å². The molecule has 1 amide bonds. The zero-order valence-electron chi connectivity index (χ0n) is 10.7. The Labute approximate surface area is 97.4 Å². The molecule has 0 radical (unpaired) electrons. The first-order valence-electron chi connectivity index (χ1n) is 5.91. The van der Waals surface area contributed by atoms with Crippen molar-refractivity contribution < 1.29 is 9.53 Å². The number of ether oxygens (including phenoxy) is 1. The Bertz CT molecular complexity index is 285. The van der Waals surface area contributed by atoms with Crippen LogP contribution in [0.15, 0.2) is 5.10 Å². The molecule has 1 fully saturated rings. The maximum absolute atomic E-state index is 11.1. The summed E-state index contributed by atoms with van der Waals surface area (Å²) in [5.41, 5.74) is 3.79. The summed E-state index contributed by atoms with van der Waals surface area (Å²) in [6.45, 7) is 8.85. The van der Waals surface area contributed by atoms with Crippen molar-refractivity contribution in [2.75, 3.05) is 6.61 Å². The number of rotatable bonds is 2. The van der Waals surface area contributed by atoms with Gasteiger partial charge in [-0.2, -0.15) is 5.10 Å². The monoisotopic (exact) mass is 226 g/mol. The quantitative estimate of drug-likeness (QED) is 0.736. The van der Waals surface area contributed by atoms with Gasteiger partial charge in [-0.1, -0.05) is 20.8 Å². The second-order valence-electron chi connectivity index (χ2n) is 5.36. The van der Waals surface area contributed by atoms with Gasteiger partial charge in [-0.15, -0.1) is 0 Å². The summed E-state index contributed by atoms with van der Waals surface area (Å²) in [5, 5.41) is 4.14. The molecular weight excluding hydrogens is 204 g/mol. The van der Waals surface area contributed by atoms with Gasteiger partial charge in [0.15, 0.2) is 0 Å². The third-order valence-electron chi connectivity index (χ3n) is 2.75. The fraction of sp³-hybridized carbons (Fsp3) is 0.833. The van der Waals surface area contributed by atoms with Gasteiger partial charge in [0.25, 0.3) is 0 Å². The van der Waals surface area contributed by atoms with E-state index in [0.29, 0.717) is 12.5 Å². The standard InChI is InChI=1S/C12H22N2O2/c1-5-16-11(15)14-13-10-6-9(2)7-12(3,4)8-10/h9H,5-8H2,1-4H3,(H,14,15)/b13-10-. The van der Waals surface area contributed by atoms with Crippen molar-refractivity contribution in [3.8, 4) is 0 Å². The molecule has 1 saturated carbocycles. The maximum Gasteiger partial charge on any atom is 0.427 e. The zero-order valence-corrected chi connectivity index (χ0v) is 10.7. The lowest BCUT2D eigenvalue weighted by atomic mass is 9.72. The number of amides is 1. The lowest BCUT2D eigenvalue weighted by Gasteiger charge is -2.34. The van der Waals surface area contributed by atoms with Crippen molar-refractivity contribution >= 4 is 11.8 Å². The van der Waals surface area contributed by atoms with Crippen LogP contribution in [0.1, 0.15) is 47.0 Å². The molecule has 0 aromatic carbocycles. The van der Waals surface area contributed by atoms with Gasteiger partial charge >= 0.3 is 6.09 Å². The predicted octanol–water partition coefficient (Wildman–Crippen LogP) is 2.93. The summed E-state index contributed by atoms with van der Waals surface area (Å²) in [6.07, 6.45) is 2.66. The molecule has 16 heavy (non-hydrogen) atoms. The molecule has 1 aliphatic carbocycles. The van der Waals surface area contributed by atoms with E-state index in [1.165, 1.54) is 6.42 Å². The fourth-order valence-corrected chi connectivity index (χ4v) is 2.49. The van der Waals surface area contributed by atoms with Crippen molar-refractivity contribution in [1.82, 2.24) is 5.43 Å². The van der Waals surface area contributed by atoms with E-state index >= 15 is 0 Å². The van der Waals surface area contributed by atoms with Crippen molar-refractivity contribution in [3.05, 3.63) is 0 Å². The highest BCUT2D eigenvalue weighted by atomic mass is 16.5. The molecule has 1 atom stereocenters. The van der Waals surface area contributed by atoms with Crippen LogP contribution >= 0.6 is 0 Å². The van der Waals surface area contributed by atoms with Crippen molar-refractivity contribution in [1.29, 1.82) is 0 Å². The molecule has 4 nitrogen and oxygen atoms in total. The molecule has 0 heterocycles. The highest BCUT2D eigenvalue weighted by molar-refractivity contribution is 5.86. The van der Waals surface area contributed by atoms with Crippen LogP contribution < -0.4 is 5.43 Å². The minimum Gasteiger partial charge on any atom is -0.449 e. The second kappa shape index (κ2) is 5.32. The van der Waals surface area contributed by atoms with Crippen LogP contribution in [-0.2, 0) is 4.74 Å². The Hall–Kier alpha value is -1.06. The SMILES string of the molecule is CCOC(=O)N/N=C1/CC(C)CC(C)(C)C1. The van der Waals surface area contributed by atoms with E-state index in [2.05, 4.69) is 31.3 Å². The average molecular weight is 226 g/mol. The van der Waals surface area contributed by atoms with Gasteiger partial charge in [-0.3, -0.25) is 0 Å². The van der Waals surface area contributed by atoms with Gasteiger partial charge in [0.05, 0.1) is 6.61 Å². The molecule has 0 aromatic heterocycles. The molecule has 0 aliphatic heterocycles. The largest absolute Gasteiger partial charge is 0.449 e. The molecule has 1 aliphatic rings. The molecule has 1 N–H and O–H groups in total. The molecule has 1 unspecified atom stereocenters. The minimum absolute atomic E-state index is 0.285. The third kappa shape index (κ3) is 4.21. The number of hydrogen-bond acceptors (Lipinski definition) is 3. The summed E-state index contributed by atoms with van der Waals surface area (Å²) >= 11 is 0. The molecule has 1 rings (SSSR count). The van der Waals surface area contributed by atoms with E-state index in [-0.39, 0.29) is 5.41 Å². The van der Waals surface area contributed by atoms with Crippen molar-refractivity contribution in [3.63, 3.8) is 0 Å². The fourth-order valence-electron chi connectivity index (χ4n) is 2.49. The topological polar surface area (TPSA) is 50.7 Å². The van der Waals surface area contributed by atoms with Crippen LogP contribution in [0, 0.1) is 11.3 Å². The van der Waals surface area contributed by atoms with E-state index < -0.39 is 6.09 Å². The van der Waals surface area contributed by atoms with E-state index in [1.54, 1.807) is 6.92 Å². The first-order chi connectivity index (χ1) is 7.43. The first-order valence-corrected chi connectivity index (χ1v) is 5.91. The van der Waals surface area contributed by atoms with Crippen LogP contribution in [-0.4, -0.2) is 18.4 Å². The van der Waals surface area contributed by atoms with Gasteiger partial charge in [0.1, 0.15) is 0 Å². The molecular formula is C12H22N2O2. The number of hydrogen-bond donors (Lipinski definition) is 1. The summed E-state index contributed by atoms with van der Waals surface area (Å²) in [7, 11) is 0. The Morgan fingerprint density at radius 2 is 2.31 bits per heavy atom. The highest BCUT2D eigenvalue weighted by Gasteiger charge is 2.29. The lowest BCUT2D eigenvalue weighted by Crippen LogP contribution is -2.30. The molecule has 0 spiro atoms. The maximum atomic E-state index is 11.1. The van der Waals surface area contributed by atoms with Gasteiger partial charge in [0, 0.05) is 5.71 Å². The molecule has 0 bridgehead atoms. The summed E-state index contributed by atoms with van der Waals surface area (Å²) in [5.74, 6) is 0.631. The lowest BCUT2D eigenvalue weighted by molar-refractivity contribution is 0.152. The van der Waals surface area contributed by atoms with Crippen LogP contribution in [0.2, 0.25) is 0 Å². The summed E-state index contributed by atoms with van der Waals surface area (Å²) in [4.78, 5) is 11.1. The summed E-state index contributed by atoms with van der Waals surface area (Å²) < 4.78 is 4.75. The van der Waals surface area contributed by atoms with Gasteiger partial charge in [0.2, 0.25) is 0 Å². The second-order valence-corrected chi connectivity index (χ2v) is 5.36. The number of nitrogens with one attached hydrogen (secondary N) is 1. The molecule has 92 valence electrons. The van der Waals surface area contributed by atoms with Crippen LogP contribution in [0.4, 0.5) is 4.79 Å². The van der Waals surface area contributed by atoms with Crippen molar-refractivity contribution in [2.24, 2.45) is 16.4 Å². The Balaban J connectivity index is 2.52. The zero-order chi connectivity index (χ0) is 12.2. The summed E-state index contributed by atoms with van der Waals surface area (Å²) in [6, 6.07) is 0. The van der Waals surface area contributed by atoms with Crippen LogP contribution in [0.5, 0.6) is 0 Å². The average Bonchev–Trinajstić information content (AvgIpc) is 2.12. The molecule has 0 aromatic rings. The first kappa shape index (κ1) is 13.0. The van der Waals surface area contributed by atoms with E-state index in [4.69, 9.17) is 4.74 Å². The van der Waals surface area contributed by atoms with Gasteiger partial charge in [-0.25, -0.2) is 10.2 Å². The van der Waals surface area contributed by atoms with E-state index in [1.807, 2.05) is 0 Å². The predicted molar refractivity (Wildman–Crippen MR) is 64.4 cm³/mol. The Morgan fingerprint density at radius 3 is 2.88 bits per heavy atom. The molecule has 4 heteroatoms. The Kier molecular flexibility index (Phi) is 4.33. The number of nitrogens with zero attached hydrogens (tertiary/aromatic N) is 1. The van der Waals surface area contributed by atoms with Crippen LogP contribution in [0.3, 0.4) is 0 Å². The smallest absolute Gasteiger partial charge is 0.427 e. The van der Waals surface area contributed by atoms with Crippen molar-refractivity contribution in [2.45, 2.75) is 47.0 Å². The van der Waals surface area contributed by atoms with E-state index in [0.717, 1.165) is 18.6 Å². The van der Waals surface area contributed by atoms with Gasteiger partial charge in [-0.05, 0) is 37.5 Å². The highest BCUT2D eigenvalue weighted by Crippen LogP contribution is 2.36. The number of carbonyl (C=O) groups excluding carboxylic acids is 1. The third-order valence-corrected chi connectivity index (χ3v) is 2.75. The minimum atomic E-state index is -0.467. The Morgan fingerprint density at radius 1 is 1.62 bits per heavy atom. The number of hydrazone groups is 1. The van der Waals surface area contributed by atoms with E-state index in [9.17, 15) is 4.79 Å². The van der Waals surface area contributed by atoms with Crippen LogP contribution in [0.25, 0.3) is 0 Å². The molecule has 0 saturated heterocycles.